The third kappa shape index (κ3) is 3.69. The van der Waals surface area contributed by atoms with E-state index in [0.29, 0.717) is 11.8 Å². The number of rotatable bonds is 4. The zero-order chi connectivity index (χ0) is 19.6. The molecule has 0 unspecified atom stereocenters. The zero-order valence-corrected chi connectivity index (χ0v) is 16.8. The fourth-order valence-electron chi connectivity index (χ4n) is 3.56. The highest BCUT2D eigenvalue weighted by Crippen LogP contribution is 2.35. The normalized spacial score (nSPS) is 15.4. The van der Waals surface area contributed by atoms with Crippen LogP contribution in [0.3, 0.4) is 0 Å². The second-order valence-electron chi connectivity index (χ2n) is 7.22. The molecule has 0 atom stereocenters. The molecule has 1 aliphatic heterocycles. The van der Waals surface area contributed by atoms with Crippen molar-refractivity contribution in [2.45, 2.75) is 42.5 Å². The summed E-state index contributed by atoms with van der Waals surface area (Å²) < 4.78 is 32.8. The molecular formula is C22H24N2O3S. The Hall–Kier alpha value is -2.60. The lowest BCUT2D eigenvalue weighted by Gasteiger charge is -2.20. The van der Waals surface area contributed by atoms with Gasteiger partial charge in [-0.1, -0.05) is 48.7 Å². The molecule has 4 rings (SSSR count). The first-order valence-electron chi connectivity index (χ1n) is 9.69. The minimum atomic E-state index is -3.77. The number of hydrogen-bond donors (Lipinski definition) is 0. The Kier molecular flexibility index (Phi) is 5.22. The second kappa shape index (κ2) is 7.80. The standard InChI is InChI=1S/C22H24N2O3S/c1-17-10-9-11-18(16-17)20-23-21(28(25,26)19-12-5-4-6-13-19)22(27-20)24-14-7-2-3-8-15-24/h4-6,9-13,16H,2-3,7-8,14-15H2,1H3. The van der Waals surface area contributed by atoms with Gasteiger partial charge in [-0.05, 0) is 44.0 Å². The van der Waals surface area contributed by atoms with Crippen LogP contribution < -0.4 is 4.90 Å². The molecule has 1 fully saturated rings. The molecule has 0 amide bonds. The van der Waals surface area contributed by atoms with Gasteiger partial charge in [-0.2, -0.15) is 4.98 Å². The van der Waals surface area contributed by atoms with Gasteiger partial charge >= 0.3 is 0 Å². The van der Waals surface area contributed by atoms with Crippen LogP contribution >= 0.6 is 0 Å². The van der Waals surface area contributed by atoms with Crippen molar-refractivity contribution in [2.75, 3.05) is 18.0 Å². The summed E-state index contributed by atoms with van der Waals surface area (Å²) in [6, 6.07) is 16.2. The van der Waals surface area contributed by atoms with Gasteiger partial charge < -0.3 is 9.32 Å². The van der Waals surface area contributed by atoms with Crippen molar-refractivity contribution in [1.82, 2.24) is 4.98 Å². The number of sulfone groups is 1. The molecule has 1 aliphatic rings. The first kappa shape index (κ1) is 18.7. The summed E-state index contributed by atoms with van der Waals surface area (Å²) in [5.74, 6) is 0.708. The van der Waals surface area contributed by atoms with Crippen LogP contribution in [0.1, 0.15) is 31.2 Å². The van der Waals surface area contributed by atoms with E-state index in [1.807, 2.05) is 36.1 Å². The highest BCUT2D eigenvalue weighted by molar-refractivity contribution is 7.91. The number of hydrogen-bond acceptors (Lipinski definition) is 5. The van der Waals surface area contributed by atoms with Gasteiger partial charge in [0.15, 0.2) is 0 Å². The Morgan fingerprint density at radius 1 is 0.929 bits per heavy atom. The Labute approximate surface area is 165 Å². The number of aromatic nitrogens is 1. The van der Waals surface area contributed by atoms with Crippen molar-refractivity contribution in [3.05, 3.63) is 60.2 Å². The van der Waals surface area contributed by atoms with E-state index in [-0.39, 0.29) is 9.92 Å². The average molecular weight is 397 g/mol. The molecule has 2 heterocycles. The van der Waals surface area contributed by atoms with Gasteiger partial charge in [-0.3, -0.25) is 0 Å². The van der Waals surface area contributed by atoms with Gasteiger partial charge in [0.2, 0.25) is 26.6 Å². The number of benzene rings is 2. The molecule has 0 radical (unpaired) electrons. The van der Waals surface area contributed by atoms with E-state index < -0.39 is 9.84 Å². The van der Waals surface area contributed by atoms with Gasteiger partial charge in [0.25, 0.3) is 0 Å². The van der Waals surface area contributed by atoms with Gasteiger partial charge in [0, 0.05) is 18.7 Å². The van der Waals surface area contributed by atoms with E-state index in [2.05, 4.69) is 4.98 Å². The van der Waals surface area contributed by atoms with E-state index in [4.69, 9.17) is 4.42 Å². The predicted octanol–water partition coefficient (Wildman–Crippen LogP) is 4.86. The number of nitrogens with zero attached hydrogens (tertiary/aromatic N) is 2. The molecular weight excluding hydrogens is 372 g/mol. The summed E-state index contributed by atoms with van der Waals surface area (Å²) in [5.41, 5.74) is 1.85. The summed E-state index contributed by atoms with van der Waals surface area (Å²) in [5, 5.41) is 0.0112. The van der Waals surface area contributed by atoms with Gasteiger partial charge in [-0.25, -0.2) is 8.42 Å². The summed E-state index contributed by atoms with van der Waals surface area (Å²) in [4.78, 5) is 6.75. The highest BCUT2D eigenvalue weighted by Gasteiger charge is 2.31. The first-order valence-corrected chi connectivity index (χ1v) is 11.2. The number of aryl methyl sites for hydroxylation is 1. The largest absolute Gasteiger partial charge is 0.419 e. The fraction of sp³-hybridized carbons (Fsp3) is 0.318. The smallest absolute Gasteiger partial charge is 0.236 e. The molecule has 5 nitrogen and oxygen atoms in total. The van der Waals surface area contributed by atoms with Gasteiger partial charge in [0.05, 0.1) is 4.90 Å². The number of oxazole rings is 1. The quantitative estimate of drug-likeness (QED) is 0.630. The molecule has 1 saturated heterocycles. The molecule has 0 bridgehead atoms. The Balaban J connectivity index is 1.85. The monoisotopic (exact) mass is 396 g/mol. The fourth-order valence-corrected chi connectivity index (χ4v) is 4.90. The topological polar surface area (TPSA) is 63.4 Å². The predicted molar refractivity (Wildman–Crippen MR) is 109 cm³/mol. The maximum Gasteiger partial charge on any atom is 0.236 e. The molecule has 3 aromatic rings. The minimum Gasteiger partial charge on any atom is -0.419 e. The Morgan fingerprint density at radius 3 is 2.32 bits per heavy atom. The van der Waals surface area contributed by atoms with Crippen LogP contribution in [0.2, 0.25) is 0 Å². The summed E-state index contributed by atoms with van der Waals surface area (Å²) in [6.07, 6.45) is 4.34. The highest BCUT2D eigenvalue weighted by atomic mass is 32.2. The summed E-state index contributed by atoms with van der Waals surface area (Å²) in [7, 11) is -3.77. The average Bonchev–Trinajstić information content (AvgIpc) is 2.99. The molecule has 0 spiro atoms. The van der Waals surface area contributed by atoms with Crippen molar-refractivity contribution in [3.8, 4) is 11.5 Å². The lowest BCUT2D eigenvalue weighted by Crippen LogP contribution is -2.25. The van der Waals surface area contributed by atoms with Crippen LogP contribution in [-0.4, -0.2) is 26.5 Å². The molecule has 0 aliphatic carbocycles. The van der Waals surface area contributed by atoms with E-state index in [1.54, 1.807) is 30.3 Å². The van der Waals surface area contributed by atoms with E-state index >= 15 is 0 Å². The van der Waals surface area contributed by atoms with Crippen molar-refractivity contribution < 1.29 is 12.8 Å². The SMILES string of the molecule is Cc1cccc(-c2nc(S(=O)(=O)c3ccccc3)c(N3CCCCCC3)o2)c1. The van der Waals surface area contributed by atoms with Gasteiger partial charge in [0.1, 0.15) is 0 Å². The Morgan fingerprint density at radius 2 is 1.64 bits per heavy atom. The van der Waals surface area contributed by atoms with Crippen molar-refractivity contribution in [2.24, 2.45) is 0 Å². The lowest BCUT2D eigenvalue weighted by atomic mass is 10.1. The molecule has 6 heteroatoms. The zero-order valence-electron chi connectivity index (χ0n) is 16.0. The molecule has 2 aromatic carbocycles. The Bertz CT molecular complexity index is 1050. The maximum absolute atomic E-state index is 13.3. The van der Waals surface area contributed by atoms with Crippen LogP contribution in [0.5, 0.6) is 0 Å². The van der Waals surface area contributed by atoms with Crippen LogP contribution in [0.25, 0.3) is 11.5 Å². The molecule has 28 heavy (non-hydrogen) atoms. The lowest BCUT2D eigenvalue weighted by molar-refractivity contribution is 0.543. The van der Waals surface area contributed by atoms with Crippen LogP contribution in [-0.2, 0) is 9.84 Å². The van der Waals surface area contributed by atoms with Crippen molar-refractivity contribution in [3.63, 3.8) is 0 Å². The molecule has 146 valence electrons. The molecule has 0 N–H and O–H groups in total. The summed E-state index contributed by atoms with van der Waals surface area (Å²) in [6.45, 7) is 3.54. The summed E-state index contributed by atoms with van der Waals surface area (Å²) >= 11 is 0. The number of anilines is 1. The first-order chi connectivity index (χ1) is 13.6. The van der Waals surface area contributed by atoms with Crippen molar-refractivity contribution in [1.29, 1.82) is 0 Å². The van der Waals surface area contributed by atoms with E-state index in [0.717, 1.165) is 49.9 Å². The second-order valence-corrected chi connectivity index (χ2v) is 9.08. The van der Waals surface area contributed by atoms with Crippen LogP contribution in [0.4, 0.5) is 5.88 Å². The third-order valence-electron chi connectivity index (χ3n) is 5.05. The van der Waals surface area contributed by atoms with Gasteiger partial charge in [-0.15, -0.1) is 0 Å². The molecule has 0 saturated carbocycles. The van der Waals surface area contributed by atoms with Crippen molar-refractivity contribution >= 4 is 15.7 Å². The molecule has 1 aromatic heterocycles. The van der Waals surface area contributed by atoms with Crippen LogP contribution in [0.15, 0.2) is 68.9 Å². The minimum absolute atomic E-state index is 0.0112. The van der Waals surface area contributed by atoms with Crippen LogP contribution in [0, 0.1) is 6.92 Å². The maximum atomic E-state index is 13.3. The van der Waals surface area contributed by atoms with E-state index in [9.17, 15) is 8.42 Å². The third-order valence-corrected chi connectivity index (χ3v) is 6.71. The van der Waals surface area contributed by atoms with E-state index in [1.165, 1.54) is 0 Å².